The Hall–Kier alpha value is -3.37. The lowest BCUT2D eigenvalue weighted by atomic mass is 10.0. The smallest absolute Gasteiger partial charge is 0.344 e. The summed E-state index contributed by atoms with van der Waals surface area (Å²) in [6.45, 7) is 0. The SMILES string of the molecule is O=c1oc2ccc(Br)cc2cc1-c1cc(-c2ccccc2)oc1-c1ccccc1. The first-order valence-corrected chi connectivity index (χ1v) is 9.97. The van der Waals surface area contributed by atoms with Gasteiger partial charge in [-0.2, -0.15) is 0 Å². The summed E-state index contributed by atoms with van der Waals surface area (Å²) in [5, 5.41) is 0.843. The monoisotopic (exact) mass is 442 g/mol. The fourth-order valence-electron chi connectivity index (χ4n) is 3.42. The first-order valence-electron chi connectivity index (χ1n) is 9.17. The highest BCUT2D eigenvalue weighted by Gasteiger charge is 2.19. The van der Waals surface area contributed by atoms with Gasteiger partial charge in [-0.1, -0.05) is 76.6 Å². The van der Waals surface area contributed by atoms with Crippen LogP contribution in [0.15, 0.2) is 109 Å². The highest BCUT2D eigenvalue weighted by Crippen LogP contribution is 2.38. The van der Waals surface area contributed by atoms with Crippen molar-refractivity contribution in [3.63, 3.8) is 0 Å². The highest BCUT2D eigenvalue weighted by molar-refractivity contribution is 9.10. The molecular weight excluding hydrogens is 428 g/mol. The van der Waals surface area contributed by atoms with Gasteiger partial charge >= 0.3 is 5.63 Å². The van der Waals surface area contributed by atoms with Crippen molar-refractivity contribution < 1.29 is 8.83 Å². The largest absolute Gasteiger partial charge is 0.455 e. The molecule has 0 aliphatic heterocycles. The van der Waals surface area contributed by atoms with E-state index in [0.717, 1.165) is 21.0 Å². The molecule has 4 heteroatoms. The number of furan rings is 1. The van der Waals surface area contributed by atoms with Gasteiger partial charge in [0.2, 0.25) is 0 Å². The van der Waals surface area contributed by atoms with Gasteiger partial charge in [0.1, 0.15) is 17.1 Å². The molecule has 3 aromatic carbocycles. The van der Waals surface area contributed by atoms with Gasteiger partial charge in [0, 0.05) is 26.5 Å². The average molecular weight is 443 g/mol. The fourth-order valence-corrected chi connectivity index (χ4v) is 3.80. The van der Waals surface area contributed by atoms with E-state index in [0.29, 0.717) is 28.2 Å². The van der Waals surface area contributed by atoms with Crippen LogP contribution in [0.25, 0.3) is 44.7 Å². The molecule has 0 N–H and O–H groups in total. The Morgan fingerprint density at radius 1 is 0.655 bits per heavy atom. The van der Waals surface area contributed by atoms with Crippen molar-refractivity contribution in [1.29, 1.82) is 0 Å². The molecular formula is C25H15BrO3. The van der Waals surface area contributed by atoms with Crippen LogP contribution >= 0.6 is 15.9 Å². The molecule has 0 spiro atoms. The zero-order chi connectivity index (χ0) is 19.8. The summed E-state index contributed by atoms with van der Waals surface area (Å²) < 4.78 is 12.8. The topological polar surface area (TPSA) is 43.4 Å². The van der Waals surface area contributed by atoms with Gasteiger partial charge in [-0.25, -0.2) is 4.79 Å². The van der Waals surface area contributed by atoms with Crippen LogP contribution in [0.3, 0.4) is 0 Å². The average Bonchev–Trinajstić information content (AvgIpc) is 3.20. The number of halogens is 1. The Morgan fingerprint density at radius 3 is 2.07 bits per heavy atom. The number of hydrogen-bond acceptors (Lipinski definition) is 3. The van der Waals surface area contributed by atoms with E-state index in [1.807, 2.05) is 84.9 Å². The predicted molar refractivity (Wildman–Crippen MR) is 119 cm³/mol. The van der Waals surface area contributed by atoms with Gasteiger partial charge in [0.25, 0.3) is 0 Å². The summed E-state index contributed by atoms with van der Waals surface area (Å²) in [5.41, 5.74) is 3.20. The van der Waals surface area contributed by atoms with E-state index >= 15 is 0 Å². The minimum atomic E-state index is -0.391. The quantitative estimate of drug-likeness (QED) is 0.278. The van der Waals surface area contributed by atoms with Crippen molar-refractivity contribution in [2.24, 2.45) is 0 Å². The molecule has 0 saturated heterocycles. The van der Waals surface area contributed by atoms with E-state index in [4.69, 9.17) is 8.83 Å². The van der Waals surface area contributed by atoms with E-state index in [2.05, 4.69) is 15.9 Å². The van der Waals surface area contributed by atoms with E-state index in [1.54, 1.807) is 6.07 Å². The van der Waals surface area contributed by atoms with Gasteiger partial charge < -0.3 is 8.83 Å². The lowest BCUT2D eigenvalue weighted by Crippen LogP contribution is -2.02. The summed E-state index contributed by atoms with van der Waals surface area (Å²) in [7, 11) is 0. The van der Waals surface area contributed by atoms with Crippen LogP contribution in [-0.2, 0) is 0 Å². The maximum atomic E-state index is 12.8. The number of rotatable bonds is 3. The van der Waals surface area contributed by atoms with E-state index < -0.39 is 5.63 Å². The van der Waals surface area contributed by atoms with Crippen LogP contribution in [0.5, 0.6) is 0 Å². The van der Waals surface area contributed by atoms with Gasteiger partial charge in [-0.05, 0) is 30.3 Å². The third-order valence-electron chi connectivity index (χ3n) is 4.81. The zero-order valence-electron chi connectivity index (χ0n) is 15.3. The molecule has 140 valence electrons. The molecule has 2 heterocycles. The van der Waals surface area contributed by atoms with Crippen molar-refractivity contribution in [2.45, 2.75) is 0 Å². The van der Waals surface area contributed by atoms with E-state index in [9.17, 15) is 4.79 Å². The third kappa shape index (κ3) is 3.32. The predicted octanol–water partition coefficient (Wildman–Crippen LogP) is 7.15. The molecule has 2 aromatic heterocycles. The second-order valence-corrected chi connectivity index (χ2v) is 7.63. The van der Waals surface area contributed by atoms with Gasteiger partial charge in [-0.3, -0.25) is 0 Å². The molecule has 0 saturated carbocycles. The van der Waals surface area contributed by atoms with Gasteiger partial charge in [0.15, 0.2) is 0 Å². The summed E-state index contributed by atoms with van der Waals surface area (Å²) in [6.07, 6.45) is 0. The summed E-state index contributed by atoms with van der Waals surface area (Å²) in [5.74, 6) is 1.35. The molecule has 3 nitrogen and oxygen atoms in total. The second kappa shape index (κ2) is 7.22. The summed E-state index contributed by atoms with van der Waals surface area (Å²) in [6, 6.07) is 29.0. The molecule has 5 rings (SSSR count). The Balaban J connectivity index is 1.78. The van der Waals surface area contributed by atoms with Gasteiger partial charge in [-0.15, -0.1) is 0 Å². The van der Waals surface area contributed by atoms with Crippen LogP contribution in [0.1, 0.15) is 0 Å². The summed E-state index contributed by atoms with van der Waals surface area (Å²) >= 11 is 3.48. The van der Waals surface area contributed by atoms with E-state index in [1.165, 1.54) is 0 Å². The first kappa shape index (κ1) is 17.7. The van der Waals surface area contributed by atoms with Crippen LogP contribution in [0, 0.1) is 0 Å². The Labute approximate surface area is 175 Å². The second-order valence-electron chi connectivity index (χ2n) is 6.72. The molecule has 0 radical (unpaired) electrons. The van der Waals surface area contributed by atoms with Crippen LogP contribution in [-0.4, -0.2) is 0 Å². The minimum Gasteiger partial charge on any atom is -0.455 e. The van der Waals surface area contributed by atoms with Crippen molar-refractivity contribution in [1.82, 2.24) is 0 Å². The minimum absolute atomic E-state index is 0.391. The lowest BCUT2D eigenvalue weighted by molar-refractivity contribution is 0.562. The molecule has 0 aliphatic rings. The van der Waals surface area contributed by atoms with Crippen LogP contribution in [0.4, 0.5) is 0 Å². The highest BCUT2D eigenvalue weighted by atomic mass is 79.9. The maximum absolute atomic E-state index is 12.8. The molecule has 0 amide bonds. The Kier molecular flexibility index (Phi) is 4.41. The molecule has 0 aliphatic carbocycles. The maximum Gasteiger partial charge on any atom is 0.344 e. The van der Waals surface area contributed by atoms with Crippen LogP contribution < -0.4 is 5.63 Å². The molecule has 0 unspecified atom stereocenters. The zero-order valence-corrected chi connectivity index (χ0v) is 16.8. The van der Waals surface area contributed by atoms with Crippen molar-refractivity contribution >= 4 is 26.9 Å². The lowest BCUT2D eigenvalue weighted by Gasteiger charge is -2.04. The third-order valence-corrected chi connectivity index (χ3v) is 5.30. The molecule has 0 fully saturated rings. The number of benzene rings is 3. The first-order chi connectivity index (χ1) is 14.2. The Bertz CT molecular complexity index is 1370. The number of hydrogen-bond donors (Lipinski definition) is 0. The van der Waals surface area contributed by atoms with Crippen molar-refractivity contribution in [3.05, 3.63) is 106 Å². The molecule has 0 bridgehead atoms. The standard InChI is InChI=1S/C25H15BrO3/c26-19-11-12-22-18(13-19)14-21(25(27)29-22)20-15-23(16-7-3-1-4-8-16)28-24(20)17-9-5-2-6-10-17/h1-15H. The number of fused-ring (bicyclic) bond motifs is 1. The molecule has 5 aromatic rings. The fraction of sp³-hybridized carbons (Fsp3) is 0. The normalized spacial score (nSPS) is 11.1. The van der Waals surface area contributed by atoms with Crippen molar-refractivity contribution in [3.8, 4) is 33.8 Å². The van der Waals surface area contributed by atoms with Crippen molar-refractivity contribution in [2.75, 3.05) is 0 Å². The molecule has 29 heavy (non-hydrogen) atoms. The summed E-state index contributed by atoms with van der Waals surface area (Å²) in [4.78, 5) is 12.8. The molecule has 0 atom stereocenters. The Morgan fingerprint density at radius 2 is 1.34 bits per heavy atom. The van der Waals surface area contributed by atoms with Gasteiger partial charge in [0.05, 0.1) is 5.56 Å². The van der Waals surface area contributed by atoms with Crippen LogP contribution in [0.2, 0.25) is 0 Å². The van der Waals surface area contributed by atoms with E-state index in [-0.39, 0.29) is 0 Å².